The fraction of sp³-hybridized carbons (Fsp3) is 0.158. The van der Waals surface area contributed by atoms with E-state index in [0.29, 0.717) is 28.9 Å². The van der Waals surface area contributed by atoms with E-state index in [-0.39, 0.29) is 0 Å². The average Bonchev–Trinajstić information content (AvgIpc) is 2.96. The lowest BCUT2D eigenvalue weighted by molar-refractivity contribution is -0.124. The van der Waals surface area contributed by atoms with Gasteiger partial charge in [-0.3, -0.25) is 10.1 Å². The van der Waals surface area contributed by atoms with Crippen LogP contribution in [0, 0.1) is 11.3 Å². The zero-order valence-electron chi connectivity index (χ0n) is 13.9. The molecular formula is C19H15N3O4. The first kappa shape index (κ1) is 17.2. The molecule has 3 rings (SSSR count). The highest BCUT2D eigenvalue weighted by Gasteiger charge is 2.46. The number of esters is 1. The van der Waals surface area contributed by atoms with E-state index in [1.807, 2.05) is 6.07 Å². The van der Waals surface area contributed by atoms with Gasteiger partial charge in [-0.25, -0.2) is 9.59 Å². The summed E-state index contributed by atoms with van der Waals surface area (Å²) in [7, 11) is 0. The number of benzene rings is 2. The number of nitrogens with one attached hydrogen (secondary N) is 2. The predicted octanol–water partition coefficient (Wildman–Crippen LogP) is 2.22. The topological polar surface area (TPSA) is 108 Å². The third-order valence-corrected chi connectivity index (χ3v) is 4.28. The molecule has 130 valence electrons. The molecule has 0 bridgehead atoms. The molecule has 0 spiro atoms. The molecule has 2 aromatic rings. The molecule has 7 heteroatoms. The van der Waals surface area contributed by atoms with Gasteiger partial charge in [-0.15, -0.1) is 0 Å². The van der Waals surface area contributed by atoms with Gasteiger partial charge in [-0.1, -0.05) is 19.1 Å². The summed E-state index contributed by atoms with van der Waals surface area (Å²) in [4.78, 5) is 35.8. The summed E-state index contributed by atoms with van der Waals surface area (Å²) in [6, 6.07) is 13.9. The fourth-order valence-corrected chi connectivity index (χ4v) is 2.80. The molecule has 0 aromatic heterocycles. The number of urea groups is 1. The molecule has 1 saturated heterocycles. The summed E-state index contributed by atoms with van der Waals surface area (Å²) >= 11 is 0. The number of imide groups is 1. The van der Waals surface area contributed by atoms with Crippen LogP contribution >= 0.6 is 0 Å². The first-order valence-electron chi connectivity index (χ1n) is 7.95. The smallest absolute Gasteiger partial charge is 0.343 e. The van der Waals surface area contributed by atoms with Crippen LogP contribution in [-0.2, 0) is 10.3 Å². The predicted molar refractivity (Wildman–Crippen MR) is 91.2 cm³/mol. The number of nitrogens with zero attached hydrogens (tertiary/aromatic N) is 1. The van der Waals surface area contributed by atoms with Gasteiger partial charge < -0.3 is 10.1 Å². The quantitative estimate of drug-likeness (QED) is 0.500. The highest BCUT2D eigenvalue weighted by Crippen LogP contribution is 2.30. The van der Waals surface area contributed by atoms with Crippen molar-refractivity contribution in [1.82, 2.24) is 10.6 Å². The number of rotatable bonds is 4. The molecule has 0 radical (unpaired) electrons. The maximum Gasteiger partial charge on any atom is 0.343 e. The van der Waals surface area contributed by atoms with Crippen LogP contribution in [0.2, 0.25) is 0 Å². The number of amides is 3. The Labute approximate surface area is 149 Å². The van der Waals surface area contributed by atoms with Crippen LogP contribution in [0.5, 0.6) is 5.75 Å². The number of carbonyl (C=O) groups is 3. The summed E-state index contributed by atoms with van der Waals surface area (Å²) in [6.45, 7) is 1.80. The van der Waals surface area contributed by atoms with Gasteiger partial charge in [0.2, 0.25) is 0 Å². The van der Waals surface area contributed by atoms with Crippen LogP contribution < -0.4 is 15.4 Å². The highest BCUT2D eigenvalue weighted by molar-refractivity contribution is 6.07. The lowest BCUT2D eigenvalue weighted by Crippen LogP contribution is -2.43. The molecule has 7 nitrogen and oxygen atoms in total. The van der Waals surface area contributed by atoms with E-state index in [0.717, 1.165) is 0 Å². The molecule has 1 fully saturated rings. The van der Waals surface area contributed by atoms with Crippen molar-refractivity contribution in [2.45, 2.75) is 18.9 Å². The van der Waals surface area contributed by atoms with Crippen LogP contribution in [0.25, 0.3) is 0 Å². The van der Waals surface area contributed by atoms with Gasteiger partial charge in [0.25, 0.3) is 5.91 Å². The molecule has 2 N–H and O–H groups in total. The molecule has 2 aromatic carbocycles. The molecular weight excluding hydrogens is 334 g/mol. The van der Waals surface area contributed by atoms with E-state index in [9.17, 15) is 14.4 Å². The van der Waals surface area contributed by atoms with Crippen molar-refractivity contribution in [3.63, 3.8) is 0 Å². The Morgan fingerprint density at radius 3 is 2.27 bits per heavy atom. The van der Waals surface area contributed by atoms with Gasteiger partial charge in [-0.2, -0.15) is 5.26 Å². The number of ether oxygens (including phenoxy) is 1. The second-order valence-corrected chi connectivity index (χ2v) is 5.77. The largest absolute Gasteiger partial charge is 0.423 e. The van der Waals surface area contributed by atoms with E-state index in [1.165, 1.54) is 24.3 Å². The van der Waals surface area contributed by atoms with Gasteiger partial charge in [0, 0.05) is 0 Å². The van der Waals surface area contributed by atoms with Crippen molar-refractivity contribution < 1.29 is 19.1 Å². The Kier molecular flexibility index (Phi) is 4.42. The lowest BCUT2D eigenvalue weighted by Gasteiger charge is -2.24. The summed E-state index contributed by atoms with van der Waals surface area (Å²) in [5.74, 6) is -0.661. The Balaban J connectivity index is 1.77. The first-order valence-corrected chi connectivity index (χ1v) is 7.95. The molecule has 1 heterocycles. The van der Waals surface area contributed by atoms with Gasteiger partial charge in [0.05, 0.1) is 17.2 Å². The Morgan fingerprint density at radius 2 is 1.77 bits per heavy atom. The number of hydrogen-bond donors (Lipinski definition) is 2. The van der Waals surface area contributed by atoms with Gasteiger partial charge in [0.1, 0.15) is 11.3 Å². The summed E-state index contributed by atoms with van der Waals surface area (Å²) in [6.07, 6.45) is 0.384. The van der Waals surface area contributed by atoms with Crippen LogP contribution in [-0.4, -0.2) is 17.9 Å². The van der Waals surface area contributed by atoms with E-state index < -0.39 is 23.4 Å². The van der Waals surface area contributed by atoms with Gasteiger partial charge in [0.15, 0.2) is 0 Å². The van der Waals surface area contributed by atoms with Crippen molar-refractivity contribution in [2.24, 2.45) is 0 Å². The lowest BCUT2D eigenvalue weighted by atomic mass is 9.87. The summed E-state index contributed by atoms with van der Waals surface area (Å²) < 4.78 is 5.30. The Bertz CT molecular complexity index is 913. The molecule has 1 aliphatic rings. The Hall–Kier alpha value is -3.66. The van der Waals surface area contributed by atoms with Crippen LogP contribution in [0.4, 0.5) is 4.79 Å². The SMILES string of the molecule is CC[C@]1(c2ccc(OC(=O)c3ccc(C#N)cc3)cc2)NC(=O)NC1=O. The molecule has 0 aliphatic carbocycles. The van der Waals surface area contributed by atoms with Crippen molar-refractivity contribution >= 4 is 17.9 Å². The Morgan fingerprint density at radius 1 is 1.12 bits per heavy atom. The molecule has 1 aliphatic heterocycles. The second kappa shape index (κ2) is 6.69. The summed E-state index contributed by atoms with van der Waals surface area (Å²) in [5.41, 5.74) is 0.252. The standard InChI is InChI=1S/C19H15N3O4/c1-2-19(17(24)21-18(25)22-19)14-7-9-15(10-8-14)26-16(23)13-5-3-12(11-20)4-6-13/h3-10H,2H2,1H3,(H2,21,22,24,25)/t19-/m1/s1. The van der Waals surface area contributed by atoms with Crippen LogP contribution in [0.1, 0.15) is 34.8 Å². The first-order chi connectivity index (χ1) is 12.5. The normalized spacial score (nSPS) is 18.6. The third kappa shape index (κ3) is 3.00. The van der Waals surface area contributed by atoms with Crippen LogP contribution in [0.15, 0.2) is 48.5 Å². The zero-order chi connectivity index (χ0) is 18.7. The van der Waals surface area contributed by atoms with E-state index in [2.05, 4.69) is 10.6 Å². The van der Waals surface area contributed by atoms with Crippen molar-refractivity contribution in [1.29, 1.82) is 5.26 Å². The minimum atomic E-state index is -1.12. The van der Waals surface area contributed by atoms with Crippen LogP contribution in [0.3, 0.4) is 0 Å². The number of carbonyl (C=O) groups excluding carboxylic acids is 3. The molecule has 0 saturated carbocycles. The van der Waals surface area contributed by atoms with Crippen molar-refractivity contribution in [3.8, 4) is 11.8 Å². The van der Waals surface area contributed by atoms with E-state index in [1.54, 1.807) is 31.2 Å². The maximum atomic E-state index is 12.1. The molecule has 1 atom stereocenters. The number of nitriles is 1. The number of hydrogen-bond acceptors (Lipinski definition) is 5. The van der Waals surface area contributed by atoms with Crippen molar-refractivity contribution in [2.75, 3.05) is 0 Å². The maximum absolute atomic E-state index is 12.1. The van der Waals surface area contributed by atoms with Gasteiger partial charge >= 0.3 is 12.0 Å². The van der Waals surface area contributed by atoms with Gasteiger partial charge in [-0.05, 0) is 48.4 Å². The van der Waals surface area contributed by atoms with E-state index in [4.69, 9.17) is 10.00 Å². The fourth-order valence-electron chi connectivity index (χ4n) is 2.80. The monoisotopic (exact) mass is 349 g/mol. The third-order valence-electron chi connectivity index (χ3n) is 4.28. The zero-order valence-corrected chi connectivity index (χ0v) is 13.9. The minimum absolute atomic E-state index is 0.305. The summed E-state index contributed by atoms with van der Waals surface area (Å²) in [5, 5.41) is 13.7. The minimum Gasteiger partial charge on any atom is -0.423 e. The van der Waals surface area contributed by atoms with Crippen molar-refractivity contribution in [3.05, 3.63) is 65.2 Å². The average molecular weight is 349 g/mol. The second-order valence-electron chi connectivity index (χ2n) is 5.77. The molecule has 0 unspecified atom stereocenters. The molecule has 3 amide bonds. The van der Waals surface area contributed by atoms with E-state index >= 15 is 0 Å². The molecule has 26 heavy (non-hydrogen) atoms. The highest BCUT2D eigenvalue weighted by atomic mass is 16.5.